The number of aromatic hydroxyl groups is 1. The summed E-state index contributed by atoms with van der Waals surface area (Å²) in [6.45, 7) is 1.48. The SMILES string of the molecule is COc1cc2nc(CCn3c(=O)n4n(c3=O)[C@@H]3CC5=C(C(=O)C=C(C)C5=O)[C@@H](C=Cc5cc(OC)c(O)c(OC)c5)C3=CC4)c(=O)n(C)c2cc1OC. The number of allylic oxidation sites excluding steroid dienone is 7. The molecule has 15 heteroatoms. The van der Waals surface area contributed by atoms with Crippen molar-refractivity contribution in [2.24, 2.45) is 13.0 Å². The number of phenols is 1. The Morgan fingerprint density at radius 1 is 0.906 bits per heavy atom. The molecule has 0 amide bonds. The Morgan fingerprint density at radius 2 is 1.57 bits per heavy atom. The van der Waals surface area contributed by atoms with Crippen LogP contribution in [-0.4, -0.2) is 68.6 Å². The van der Waals surface area contributed by atoms with E-state index in [0.29, 0.717) is 39.2 Å². The summed E-state index contributed by atoms with van der Waals surface area (Å²) in [6.07, 6.45) is 6.65. The number of rotatable bonds is 9. The number of hydrogen-bond donors (Lipinski definition) is 1. The van der Waals surface area contributed by atoms with Gasteiger partial charge >= 0.3 is 11.4 Å². The number of phenolic OH excluding ortho intramolecular Hbond substituents is 1. The number of aryl methyl sites for hydroxylation is 2. The molecule has 3 aliphatic rings. The quantitative estimate of drug-likeness (QED) is 0.199. The van der Waals surface area contributed by atoms with Gasteiger partial charge in [0.05, 0.1) is 52.1 Å². The maximum atomic E-state index is 14.2. The Kier molecular flexibility index (Phi) is 8.80. The van der Waals surface area contributed by atoms with Crippen LogP contribution in [0.5, 0.6) is 28.7 Å². The van der Waals surface area contributed by atoms with Gasteiger partial charge in [-0.1, -0.05) is 18.2 Å². The van der Waals surface area contributed by atoms with Gasteiger partial charge in [-0.05, 0) is 36.3 Å². The number of aromatic nitrogens is 5. The van der Waals surface area contributed by atoms with Crippen molar-refractivity contribution in [1.29, 1.82) is 0 Å². The molecule has 2 aliphatic carbocycles. The number of fused-ring (bicyclic) bond motifs is 4. The molecule has 7 rings (SSSR count). The molecule has 15 nitrogen and oxygen atoms in total. The molecule has 0 radical (unpaired) electrons. The lowest BCUT2D eigenvalue weighted by Gasteiger charge is -2.38. The van der Waals surface area contributed by atoms with Crippen molar-refractivity contribution in [3.63, 3.8) is 0 Å². The zero-order valence-electron chi connectivity index (χ0n) is 30.0. The normalized spacial score (nSPS) is 18.1. The summed E-state index contributed by atoms with van der Waals surface area (Å²) < 4.78 is 26.6. The van der Waals surface area contributed by atoms with E-state index in [1.807, 2.05) is 6.08 Å². The number of carbonyl (C=O) groups excluding carboxylic acids is 2. The largest absolute Gasteiger partial charge is 0.502 e. The average molecular weight is 724 g/mol. The Morgan fingerprint density at radius 3 is 2.23 bits per heavy atom. The van der Waals surface area contributed by atoms with Crippen LogP contribution in [0.4, 0.5) is 0 Å². The highest BCUT2D eigenvalue weighted by molar-refractivity contribution is 6.23. The number of benzene rings is 2. The summed E-state index contributed by atoms with van der Waals surface area (Å²) in [5, 5.41) is 10.4. The van der Waals surface area contributed by atoms with Crippen molar-refractivity contribution in [2.45, 2.75) is 38.9 Å². The molecule has 0 bridgehead atoms. The maximum Gasteiger partial charge on any atom is 0.347 e. The van der Waals surface area contributed by atoms with Crippen molar-refractivity contribution in [1.82, 2.24) is 23.5 Å². The van der Waals surface area contributed by atoms with Gasteiger partial charge in [0.25, 0.3) is 5.56 Å². The van der Waals surface area contributed by atoms with Crippen LogP contribution in [-0.2, 0) is 36.1 Å². The Bertz CT molecular complexity index is 2530. The van der Waals surface area contributed by atoms with Gasteiger partial charge in [-0.2, -0.15) is 0 Å². The molecule has 274 valence electrons. The summed E-state index contributed by atoms with van der Waals surface area (Å²) in [5.41, 5.74) is 1.71. The smallest absolute Gasteiger partial charge is 0.347 e. The van der Waals surface area contributed by atoms with Gasteiger partial charge in [-0.15, -0.1) is 0 Å². The highest BCUT2D eigenvalue weighted by atomic mass is 16.5. The van der Waals surface area contributed by atoms with E-state index in [4.69, 9.17) is 18.9 Å². The van der Waals surface area contributed by atoms with Crippen LogP contribution >= 0.6 is 0 Å². The lowest BCUT2D eigenvalue weighted by atomic mass is 9.70. The van der Waals surface area contributed by atoms with Gasteiger partial charge in [0.2, 0.25) is 5.75 Å². The fraction of sp³-hybridized carbons (Fsp3) is 0.316. The maximum absolute atomic E-state index is 14.2. The van der Waals surface area contributed by atoms with Crippen LogP contribution in [0.15, 0.2) is 79.2 Å². The summed E-state index contributed by atoms with van der Waals surface area (Å²) in [5.74, 6) is -0.263. The van der Waals surface area contributed by atoms with Crippen LogP contribution in [0, 0.1) is 5.92 Å². The topological polar surface area (TPSA) is 175 Å². The second-order valence-electron chi connectivity index (χ2n) is 13.0. The van der Waals surface area contributed by atoms with Crippen molar-refractivity contribution in [3.8, 4) is 28.7 Å². The minimum Gasteiger partial charge on any atom is -0.502 e. The van der Waals surface area contributed by atoms with Gasteiger partial charge in [0, 0.05) is 61.2 Å². The molecule has 0 unspecified atom stereocenters. The summed E-state index contributed by atoms with van der Waals surface area (Å²) in [4.78, 5) is 72.9. The second-order valence-corrected chi connectivity index (χ2v) is 13.0. The van der Waals surface area contributed by atoms with Gasteiger partial charge < -0.3 is 28.6 Å². The van der Waals surface area contributed by atoms with E-state index in [2.05, 4.69) is 4.98 Å². The molecule has 0 fully saturated rings. The second kappa shape index (κ2) is 13.3. The monoisotopic (exact) mass is 723 g/mol. The molecule has 1 N–H and O–H groups in total. The van der Waals surface area contributed by atoms with E-state index in [9.17, 15) is 29.1 Å². The number of nitrogens with zero attached hydrogens (tertiary/aromatic N) is 5. The first kappa shape index (κ1) is 35.0. The van der Waals surface area contributed by atoms with Crippen molar-refractivity contribution in [3.05, 3.63) is 107 Å². The summed E-state index contributed by atoms with van der Waals surface area (Å²) >= 11 is 0. The van der Waals surface area contributed by atoms with E-state index in [1.54, 1.807) is 50.4 Å². The Hall–Kier alpha value is -6.38. The highest BCUT2D eigenvalue weighted by Gasteiger charge is 2.43. The van der Waals surface area contributed by atoms with E-state index in [-0.39, 0.29) is 77.1 Å². The standard InChI is InChI=1S/C38H37N5O10/c1-19-13-28(44)33-22(8-7-20-14-31(52-5)35(46)32(15-20)53-6)21-9-12-42-37(48)41(38(49)43(42)26(21)16-23(33)34(19)45)11-10-24-36(47)40(2)27-18-30(51-4)29(50-3)17-25(27)39-24/h7-9,13-15,17-18,22,26,46H,10-12,16H2,1-6H3/t22-,26+/m0/s1. The van der Waals surface area contributed by atoms with Crippen molar-refractivity contribution >= 4 is 28.7 Å². The molecular formula is C38H37N5O10. The average Bonchev–Trinajstić information content (AvgIpc) is 3.41. The van der Waals surface area contributed by atoms with Crippen LogP contribution < -0.4 is 35.9 Å². The predicted molar refractivity (Wildman–Crippen MR) is 193 cm³/mol. The minimum absolute atomic E-state index is 0.0156. The molecule has 2 aromatic carbocycles. The molecule has 2 atom stereocenters. The number of hydrogen-bond acceptors (Lipinski definition) is 11. The third-order valence-electron chi connectivity index (χ3n) is 10.2. The first-order chi connectivity index (χ1) is 25.4. The van der Waals surface area contributed by atoms with Gasteiger partial charge in [-0.3, -0.25) is 14.4 Å². The third-order valence-corrected chi connectivity index (χ3v) is 10.2. The molecular weight excluding hydrogens is 686 g/mol. The van der Waals surface area contributed by atoms with Gasteiger partial charge in [-0.25, -0.2) is 28.5 Å². The number of carbonyl (C=O) groups is 2. The Balaban J connectivity index is 1.27. The number of Topliss-reactive ketones (excluding diaryl/α,β-unsaturated/α-hetero) is 1. The lowest BCUT2D eigenvalue weighted by Crippen LogP contribution is -2.41. The van der Waals surface area contributed by atoms with Crippen LogP contribution in [0.3, 0.4) is 0 Å². The Labute approximate surface area is 301 Å². The van der Waals surface area contributed by atoms with Gasteiger partial charge in [0.15, 0.2) is 34.6 Å². The first-order valence-corrected chi connectivity index (χ1v) is 16.8. The van der Waals surface area contributed by atoms with E-state index < -0.39 is 23.3 Å². The molecule has 0 saturated heterocycles. The highest BCUT2D eigenvalue weighted by Crippen LogP contribution is 2.46. The number of ether oxygens (including phenoxy) is 4. The molecule has 3 heterocycles. The summed E-state index contributed by atoms with van der Waals surface area (Å²) in [7, 11) is 7.42. The zero-order valence-corrected chi connectivity index (χ0v) is 30.0. The number of methoxy groups -OCH3 is 4. The van der Waals surface area contributed by atoms with E-state index >= 15 is 0 Å². The van der Waals surface area contributed by atoms with Crippen molar-refractivity contribution in [2.75, 3.05) is 28.4 Å². The predicted octanol–water partition coefficient (Wildman–Crippen LogP) is 2.65. The lowest BCUT2D eigenvalue weighted by molar-refractivity contribution is -0.116. The van der Waals surface area contributed by atoms with Gasteiger partial charge in [0.1, 0.15) is 5.69 Å². The minimum atomic E-state index is -0.751. The van der Waals surface area contributed by atoms with Crippen LogP contribution in [0.2, 0.25) is 0 Å². The van der Waals surface area contributed by atoms with Crippen LogP contribution in [0.1, 0.15) is 30.6 Å². The van der Waals surface area contributed by atoms with E-state index in [1.165, 1.54) is 48.4 Å². The first-order valence-electron chi connectivity index (χ1n) is 16.8. The number of ketones is 2. The molecule has 0 spiro atoms. The van der Waals surface area contributed by atoms with Crippen molar-refractivity contribution < 1.29 is 33.6 Å². The molecule has 1 aliphatic heterocycles. The van der Waals surface area contributed by atoms with E-state index in [0.717, 1.165) is 4.57 Å². The zero-order chi connectivity index (χ0) is 37.9. The molecule has 2 aromatic heterocycles. The molecule has 53 heavy (non-hydrogen) atoms. The van der Waals surface area contributed by atoms with Crippen LogP contribution in [0.25, 0.3) is 17.1 Å². The fourth-order valence-electron chi connectivity index (χ4n) is 7.48. The fourth-order valence-corrected chi connectivity index (χ4v) is 7.48. The molecule has 4 aromatic rings. The third kappa shape index (κ3) is 5.59. The molecule has 0 saturated carbocycles. The summed E-state index contributed by atoms with van der Waals surface area (Å²) in [6, 6.07) is 5.76.